The Labute approximate surface area is 161 Å². The highest BCUT2D eigenvalue weighted by Crippen LogP contribution is 2.45. The molecule has 2 aromatic carbocycles. The van der Waals surface area contributed by atoms with Gasteiger partial charge in [0.25, 0.3) is 0 Å². The van der Waals surface area contributed by atoms with Crippen molar-refractivity contribution in [2.24, 2.45) is 0 Å². The van der Waals surface area contributed by atoms with Crippen molar-refractivity contribution in [1.82, 2.24) is 0 Å². The molecule has 1 saturated heterocycles. The molecule has 0 atom stereocenters. The van der Waals surface area contributed by atoms with Crippen LogP contribution in [0.4, 0.5) is 5.69 Å². The fourth-order valence-electron chi connectivity index (χ4n) is 2.45. The summed E-state index contributed by atoms with van der Waals surface area (Å²) in [5, 5.41) is 11.8. The first-order valence-electron chi connectivity index (χ1n) is 7.94. The third-order valence-electron chi connectivity index (χ3n) is 3.65. The van der Waals surface area contributed by atoms with Gasteiger partial charge in [-0.05, 0) is 35.4 Å². The van der Waals surface area contributed by atoms with E-state index in [9.17, 15) is 4.79 Å². The van der Waals surface area contributed by atoms with Gasteiger partial charge in [0.15, 0.2) is 0 Å². The highest BCUT2D eigenvalue weighted by Gasteiger charge is 2.18. The molecule has 6 heteroatoms. The second kappa shape index (κ2) is 9.23. The van der Waals surface area contributed by atoms with Crippen LogP contribution < -0.4 is 5.32 Å². The highest BCUT2D eigenvalue weighted by molar-refractivity contribution is 8.19. The van der Waals surface area contributed by atoms with Crippen LogP contribution in [0.25, 0.3) is 0 Å². The number of amides is 1. The fraction of sp³-hybridized carbons (Fsp3) is 0.263. The molecule has 1 fully saturated rings. The maximum atomic E-state index is 12.2. The van der Waals surface area contributed by atoms with Gasteiger partial charge in [-0.2, -0.15) is 5.26 Å². The number of nitriles is 1. The third-order valence-corrected chi connectivity index (χ3v) is 7.76. The van der Waals surface area contributed by atoms with E-state index in [1.807, 2.05) is 47.8 Å². The van der Waals surface area contributed by atoms with Crippen LogP contribution in [0, 0.1) is 11.3 Å². The van der Waals surface area contributed by atoms with Crippen molar-refractivity contribution in [2.75, 3.05) is 22.6 Å². The normalized spacial score (nSPS) is 14.2. The third kappa shape index (κ3) is 5.46. The van der Waals surface area contributed by atoms with Crippen LogP contribution in [0.1, 0.15) is 21.3 Å². The molecule has 1 aliphatic rings. The summed E-state index contributed by atoms with van der Waals surface area (Å²) in [5.74, 6) is 3.57. The number of hydrogen-bond donors (Lipinski definition) is 1. The molecular weight excluding hydrogens is 368 g/mol. The molecule has 1 heterocycles. The van der Waals surface area contributed by atoms with Gasteiger partial charge in [0.2, 0.25) is 5.91 Å². The molecule has 25 heavy (non-hydrogen) atoms. The average Bonchev–Trinajstić information content (AvgIpc) is 3.17. The smallest absolute Gasteiger partial charge is 0.234 e. The number of anilines is 1. The molecule has 128 valence electrons. The monoisotopic (exact) mass is 386 g/mol. The number of carbonyl (C=O) groups is 1. The van der Waals surface area contributed by atoms with Crippen LogP contribution in [0.2, 0.25) is 0 Å². The van der Waals surface area contributed by atoms with Crippen molar-refractivity contribution < 1.29 is 4.79 Å². The quantitative estimate of drug-likeness (QED) is 0.764. The second-order valence-electron chi connectivity index (χ2n) is 5.55. The van der Waals surface area contributed by atoms with Crippen molar-refractivity contribution in [3.8, 4) is 6.07 Å². The van der Waals surface area contributed by atoms with Crippen LogP contribution in [-0.4, -0.2) is 23.2 Å². The van der Waals surface area contributed by atoms with Gasteiger partial charge in [0.05, 0.1) is 22.0 Å². The zero-order valence-electron chi connectivity index (χ0n) is 13.6. The maximum absolute atomic E-state index is 12.2. The molecule has 0 aliphatic carbocycles. The molecule has 2 aromatic rings. The van der Waals surface area contributed by atoms with E-state index < -0.39 is 0 Å². The number of hydrogen-bond acceptors (Lipinski definition) is 5. The van der Waals surface area contributed by atoms with E-state index in [1.165, 1.54) is 17.1 Å². The molecular formula is C19H18N2OS3. The Balaban J connectivity index is 1.47. The number of carbonyl (C=O) groups excluding carboxylic acids is 1. The minimum Gasteiger partial charge on any atom is -0.325 e. The second-order valence-corrected chi connectivity index (χ2v) is 9.26. The minimum atomic E-state index is 0.0162. The Bertz CT molecular complexity index is 765. The van der Waals surface area contributed by atoms with Crippen LogP contribution in [0.3, 0.4) is 0 Å². The zero-order chi connectivity index (χ0) is 17.5. The van der Waals surface area contributed by atoms with E-state index in [2.05, 4.69) is 23.5 Å². The van der Waals surface area contributed by atoms with Crippen LogP contribution >= 0.6 is 35.3 Å². The van der Waals surface area contributed by atoms with E-state index in [0.29, 0.717) is 15.9 Å². The predicted molar refractivity (Wildman–Crippen MR) is 110 cm³/mol. The van der Waals surface area contributed by atoms with Crippen LogP contribution in [0.5, 0.6) is 0 Å². The van der Waals surface area contributed by atoms with Crippen LogP contribution in [-0.2, 0) is 10.5 Å². The number of benzene rings is 2. The molecule has 3 rings (SSSR count). The minimum absolute atomic E-state index is 0.0162. The average molecular weight is 387 g/mol. The first kappa shape index (κ1) is 18.2. The van der Waals surface area contributed by atoms with Gasteiger partial charge < -0.3 is 5.32 Å². The summed E-state index contributed by atoms with van der Waals surface area (Å²) >= 11 is 5.50. The van der Waals surface area contributed by atoms with Crippen molar-refractivity contribution in [1.29, 1.82) is 5.26 Å². The maximum Gasteiger partial charge on any atom is 0.234 e. The zero-order valence-corrected chi connectivity index (χ0v) is 16.1. The molecule has 0 saturated carbocycles. The van der Waals surface area contributed by atoms with Gasteiger partial charge in [-0.25, -0.2) is 0 Å². The number of nitrogens with one attached hydrogen (secondary N) is 1. The lowest BCUT2D eigenvalue weighted by molar-refractivity contribution is -0.113. The molecule has 1 N–H and O–H groups in total. The summed E-state index contributed by atoms with van der Waals surface area (Å²) in [7, 11) is 0. The Hall–Kier alpha value is -1.55. The largest absolute Gasteiger partial charge is 0.325 e. The van der Waals surface area contributed by atoms with Gasteiger partial charge in [-0.1, -0.05) is 24.3 Å². The summed E-state index contributed by atoms with van der Waals surface area (Å²) in [6.07, 6.45) is 0. The summed E-state index contributed by atoms with van der Waals surface area (Å²) in [5.41, 5.74) is 3.92. The molecule has 0 aromatic heterocycles. The van der Waals surface area contributed by atoms with Gasteiger partial charge in [0.1, 0.15) is 0 Å². The molecule has 1 amide bonds. The lowest BCUT2D eigenvalue weighted by Gasteiger charge is -2.11. The SMILES string of the molecule is N#Cc1ccc(CSCC(=O)Nc2cccc(C3SCCS3)c2)cc1. The first-order valence-corrected chi connectivity index (χ1v) is 11.2. The molecule has 0 spiro atoms. The summed E-state index contributed by atoms with van der Waals surface area (Å²) in [6.45, 7) is 0. The Morgan fingerprint density at radius 2 is 1.96 bits per heavy atom. The van der Waals surface area contributed by atoms with Crippen molar-refractivity contribution in [3.63, 3.8) is 0 Å². The Morgan fingerprint density at radius 1 is 1.20 bits per heavy atom. The number of thioether (sulfide) groups is 3. The molecule has 1 aliphatic heterocycles. The van der Waals surface area contributed by atoms with E-state index in [-0.39, 0.29) is 5.91 Å². The summed E-state index contributed by atoms with van der Waals surface area (Å²) < 4.78 is 0.489. The van der Waals surface area contributed by atoms with E-state index in [4.69, 9.17) is 5.26 Å². The van der Waals surface area contributed by atoms with Gasteiger partial charge in [-0.3, -0.25) is 4.79 Å². The Kier molecular flexibility index (Phi) is 6.74. The standard InChI is InChI=1S/C19H18N2OS3/c20-11-14-4-6-15(7-5-14)12-23-13-18(22)21-17-3-1-2-16(10-17)19-24-8-9-25-19/h1-7,10,19H,8-9,12-13H2,(H,21,22). The van der Waals surface area contributed by atoms with Crippen molar-refractivity contribution in [2.45, 2.75) is 10.3 Å². The summed E-state index contributed by atoms with van der Waals surface area (Å²) in [4.78, 5) is 12.2. The fourth-order valence-corrected chi connectivity index (χ4v) is 6.07. The molecule has 0 radical (unpaired) electrons. The number of nitrogens with zero attached hydrogens (tertiary/aromatic N) is 1. The lowest BCUT2D eigenvalue weighted by Crippen LogP contribution is -2.14. The lowest BCUT2D eigenvalue weighted by atomic mass is 10.2. The molecule has 0 unspecified atom stereocenters. The van der Waals surface area contributed by atoms with E-state index in [1.54, 1.807) is 23.9 Å². The van der Waals surface area contributed by atoms with Gasteiger partial charge in [0, 0.05) is 22.9 Å². The van der Waals surface area contributed by atoms with Crippen molar-refractivity contribution in [3.05, 3.63) is 65.2 Å². The predicted octanol–water partition coefficient (Wildman–Crippen LogP) is 4.91. The highest BCUT2D eigenvalue weighted by atomic mass is 32.2. The van der Waals surface area contributed by atoms with Crippen LogP contribution in [0.15, 0.2) is 48.5 Å². The first-order chi connectivity index (χ1) is 12.2. The van der Waals surface area contributed by atoms with Gasteiger partial charge in [-0.15, -0.1) is 35.3 Å². The summed E-state index contributed by atoms with van der Waals surface area (Å²) in [6, 6.07) is 17.7. The van der Waals surface area contributed by atoms with Crippen molar-refractivity contribution >= 4 is 46.9 Å². The van der Waals surface area contributed by atoms with Gasteiger partial charge >= 0.3 is 0 Å². The Morgan fingerprint density at radius 3 is 2.68 bits per heavy atom. The topological polar surface area (TPSA) is 52.9 Å². The molecule has 0 bridgehead atoms. The molecule has 3 nitrogen and oxygen atoms in total. The van der Waals surface area contributed by atoms with E-state index in [0.717, 1.165) is 17.0 Å². The number of rotatable bonds is 6. The van der Waals surface area contributed by atoms with E-state index >= 15 is 0 Å².